The molecule has 2 amide bonds. The van der Waals surface area contributed by atoms with Crippen molar-refractivity contribution in [1.29, 1.82) is 0 Å². The van der Waals surface area contributed by atoms with Crippen LogP contribution >= 0.6 is 0 Å². The largest absolute Gasteiger partial charge is 0.338 e. The molecule has 0 aromatic rings. The molecule has 0 aromatic carbocycles. The Morgan fingerprint density at radius 3 is 2.57 bits per heavy atom. The van der Waals surface area contributed by atoms with Crippen molar-refractivity contribution in [1.82, 2.24) is 10.2 Å². The molecular formula is C10H23N3O. The minimum absolute atomic E-state index is 0.00275. The topological polar surface area (TPSA) is 58.4 Å². The first-order chi connectivity index (χ1) is 6.65. The second kappa shape index (κ2) is 7.62. The third-order valence-electron chi connectivity index (χ3n) is 2.52. The summed E-state index contributed by atoms with van der Waals surface area (Å²) in [6.07, 6.45) is 2.04. The highest BCUT2D eigenvalue weighted by Crippen LogP contribution is 2.04. The second-order valence-electron chi connectivity index (χ2n) is 3.55. The Balaban J connectivity index is 3.73. The lowest BCUT2D eigenvalue weighted by Gasteiger charge is -2.19. The van der Waals surface area contributed by atoms with Gasteiger partial charge in [-0.2, -0.15) is 0 Å². The average molecular weight is 201 g/mol. The minimum atomic E-state index is 0.00275. The average Bonchev–Trinajstić information content (AvgIpc) is 2.22. The van der Waals surface area contributed by atoms with E-state index in [9.17, 15) is 4.79 Å². The molecule has 0 rings (SSSR count). The fourth-order valence-corrected chi connectivity index (χ4v) is 1.20. The van der Waals surface area contributed by atoms with E-state index in [1.807, 2.05) is 6.92 Å². The third kappa shape index (κ3) is 5.07. The summed E-state index contributed by atoms with van der Waals surface area (Å²) < 4.78 is 0. The van der Waals surface area contributed by atoms with Crippen LogP contribution in [0.4, 0.5) is 4.79 Å². The summed E-state index contributed by atoms with van der Waals surface area (Å²) in [6.45, 7) is 6.24. The molecule has 1 unspecified atom stereocenters. The van der Waals surface area contributed by atoms with Crippen LogP contribution in [-0.4, -0.2) is 37.6 Å². The Bertz CT molecular complexity index is 161. The van der Waals surface area contributed by atoms with Crippen molar-refractivity contribution in [3.05, 3.63) is 0 Å². The molecule has 0 aliphatic carbocycles. The van der Waals surface area contributed by atoms with Crippen molar-refractivity contribution < 1.29 is 4.79 Å². The van der Waals surface area contributed by atoms with Gasteiger partial charge in [-0.3, -0.25) is 0 Å². The molecule has 0 fully saturated rings. The van der Waals surface area contributed by atoms with E-state index in [4.69, 9.17) is 5.73 Å². The standard InChI is InChI=1S/C10H23N3O/c1-4-9(6-7-11)8-12-10(14)13(3)5-2/h9H,4-8,11H2,1-3H3,(H,12,14). The predicted octanol–water partition coefficient (Wildman–Crippen LogP) is 1.02. The summed E-state index contributed by atoms with van der Waals surface area (Å²) in [5.74, 6) is 0.509. The van der Waals surface area contributed by atoms with Crippen molar-refractivity contribution in [3.63, 3.8) is 0 Å². The molecule has 0 heterocycles. The summed E-state index contributed by atoms with van der Waals surface area (Å²) >= 11 is 0. The molecule has 0 aliphatic rings. The van der Waals surface area contributed by atoms with E-state index in [1.54, 1.807) is 11.9 Å². The number of nitrogens with zero attached hydrogens (tertiary/aromatic N) is 1. The van der Waals surface area contributed by atoms with Gasteiger partial charge in [-0.25, -0.2) is 4.79 Å². The molecule has 14 heavy (non-hydrogen) atoms. The van der Waals surface area contributed by atoms with Crippen LogP contribution < -0.4 is 11.1 Å². The smallest absolute Gasteiger partial charge is 0.317 e. The molecule has 0 spiro atoms. The third-order valence-corrected chi connectivity index (χ3v) is 2.52. The molecule has 0 saturated heterocycles. The lowest BCUT2D eigenvalue weighted by Crippen LogP contribution is -2.39. The van der Waals surface area contributed by atoms with Gasteiger partial charge in [0.25, 0.3) is 0 Å². The van der Waals surface area contributed by atoms with Crippen molar-refractivity contribution in [2.45, 2.75) is 26.7 Å². The number of hydrogen-bond acceptors (Lipinski definition) is 2. The zero-order chi connectivity index (χ0) is 11.0. The highest BCUT2D eigenvalue weighted by atomic mass is 16.2. The van der Waals surface area contributed by atoms with Crippen LogP contribution in [0.2, 0.25) is 0 Å². The fraction of sp³-hybridized carbons (Fsp3) is 0.900. The molecule has 0 aromatic heterocycles. The highest BCUT2D eigenvalue weighted by molar-refractivity contribution is 5.73. The quantitative estimate of drug-likeness (QED) is 0.674. The molecule has 1 atom stereocenters. The Kier molecular flexibility index (Phi) is 7.20. The first-order valence-electron chi connectivity index (χ1n) is 5.34. The maximum absolute atomic E-state index is 11.4. The van der Waals surface area contributed by atoms with Gasteiger partial charge in [-0.1, -0.05) is 13.3 Å². The number of amides is 2. The summed E-state index contributed by atoms with van der Waals surface area (Å²) in [4.78, 5) is 13.0. The Morgan fingerprint density at radius 2 is 2.14 bits per heavy atom. The SMILES string of the molecule is CCC(CCN)CNC(=O)N(C)CC. The maximum Gasteiger partial charge on any atom is 0.317 e. The van der Waals surface area contributed by atoms with E-state index in [2.05, 4.69) is 12.2 Å². The van der Waals surface area contributed by atoms with Crippen molar-refractivity contribution in [2.75, 3.05) is 26.7 Å². The number of nitrogens with one attached hydrogen (secondary N) is 1. The number of carbonyl (C=O) groups excluding carboxylic acids is 1. The summed E-state index contributed by atoms with van der Waals surface area (Å²) in [5, 5.41) is 2.90. The van der Waals surface area contributed by atoms with Gasteiger partial charge in [0, 0.05) is 20.1 Å². The minimum Gasteiger partial charge on any atom is -0.338 e. The van der Waals surface area contributed by atoms with E-state index in [0.29, 0.717) is 12.5 Å². The molecule has 0 bridgehead atoms. The van der Waals surface area contributed by atoms with Crippen LogP contribution in [0.25, 0.3) is 0 Å². The maximum atomic E-state index is 11.4. The van der Waals surface area contributed by atoms with Crippen LogP contribution in [0.1, 0.15) is 26.7 Å². The molecule has 0 saturated carbocycles. The van der Waals surface area contributed by atoms with E-state index >= 15 is 0 Å². The molecular weight excluding hydrogens is 178 g/mol. The van der Waals surface area contributed by atoms with E-state index < -0.39 is 0 Å². The zero-order valence-corrected chi connectivity index (χ0v) is 9.55. The molecule has 84 valence electrons. The first-order valence-corrected chi connectivity index (χ1v) is 5.34. The molecule has 3 N–H and O–H groups in total. The van der Waals surface area contributed by atoms with Gasteiger partial charge in [0.1, 0.15) is 0 Å². The van der Waals surface area contributed by atoms with Gasteiger partial charge in [0.2, 0.25) is 0 Å². The predicted molar refractivity (Wildman–Crippen MR) is 59.2 cm³/mol. The number of carbonyl (C=O) groups is 1. The van der Waals surface area contributed by atoms with Gasteiger partial charge < -0.3 is 16.0 Å². The lowest BCUT2D eigenvalue weighted by atomic mass is 10.0. The van der Waals surface area contributed by atoms with Crippen LogP contribution in [-0.2, 0) is 0 Å². The number of urea groups is 1. The lowest BCUT2D eigenvalue weighted by molar-refractivity contribution is 0.208. The molecule has 0 aliphatic heterocycles. The fourth-order valence-electron chi connectivity index (χ4n) is 1.20. The number of hydrogen-bond donors (Lipinski definition) is 2. The Morgan fingerprint density at radius 1 is 1.50 bits per heavy atom. The Hall–Kier alpha value is -0.770. The monoisotopic (exact) mass is 201 g/mol. The van der Waals surface area contributed by atoms with Gasteiger partial charge >= 0.3 is 6.03 Å². The second-order valence-corrected chi connectivity index (χ2v) is 3.55. The summed E-state index contributed by atoms with van der Waals surface area (Å²) in [7, 11) is 1.79. The van der Waals surface area contributed by atoms with E-state index in [-0.39, 0.29) is 6.03 Å². The van der Waals surface area contributed by atoms with E-state index in [0.717, 1.165) is 25.9 Å². The van der Waals surface area contributed by atoms with Gasteiger partial charge in [-0.05, 0) is 25.8 Å². The zero-order valence-electron chi connectivity index (χ0n) is 9.55. The number of rotatable bonds is 6. The first kappa shape index (κ1) is 13.2. The summed E-state index contributed by atoms with van der Waals surface area (Å²) in [5.41, 5.74) is 5.47. The van der Waals surface area contributed by atoms with E-state index in [1.165, 1.54) is 0 Å². The van der Waals surface area contributed by atoms with Gasteiger partial charge in [0.05, 0.1) is 0 Å². The van der Waals surface area contributed by atoms with Crippen LogP contribution in [0, 0.1) is 5.92 Å². The Labute approximate surface area is 86.8 Å². The van der Waals surface area contributed by atoms with Crippen LogP contribution in [0.3, 0.4) is 0 Å². The summed E-state index contributed by atoms with van der Waals surface area (Å²) in [6, 6.07) is 0.00275. The molecule has 0 radical (unpaired) electrons. The van der Waals surface area contributed by atoms with Gasteiger partial charge in [0.15, 0.2) is 0 Å². The highest BCUT2D eigenvalue weighted by Gasteiger charge is 2.09. The molecule has 4 nitrogen and oxygen atoms in total. The number of nitrogens with two attached hydrogens (primary N) is 1. The van der Waals surface area contributed by atoms with Crippen molar-refractivity contribution in [3.8, 4) is 0 Å². The van der Waals surface area contributed by atoms with Crippen molar-refractivity contribution >= 4 is 6.03 Å². The van der Waals surface area contributed by atoms with Crippen LogP contribution in [0.5, 0.6) is 0 Å². The molecule has 4 heteroatoms. The normalized spacial score (nSPS) is 12.3. The van der Waals surface area contributed by atoms with Crippen molar-refractivity contribution in [2.24, 2.45) is 11.7 Å². The van der Waals surface area contributed by atoms with Gasteiger partial charge in [-0.15, -0.1) is 0 Å². The van der Waals surface area contributed by atoms with Crippen LogP contribution in [0.15, 0.2) is 0 Å².